The van der Waals surface area contributed by atoms with Crippen LogP contribution in [0.5, 0.6) is 0 Å². The van der Waals surface area contributed by atoms with Crippen LogP contribution >= 0.6 is 0 Å². The number of amides is 1. The highest BCUT2D eigenvalue weighted by Crippen LogP contribution is 2.45. The van der Waals surface area contributed by atoms with Gasteiger partial charge in [-0.25, -0.2) is 19.9 Å². The predicted octanol–water partition coefficient (Wildman–Crippen LogP) is 5.88. The van der Waals surface area contributed by atoms with E-state index in [1.807, 2.05) is 50.9 Å². The molecule has 1 N–H and O–H groups in total. The molecule has 1 aliphatic rings. The first kappa shape index (κ1) is 26.0. The topological polar surface area (TPSA) is 90.5 Å². The van der Waals surface area contributed by atoms with Gasteiger partial charge in [-0.2, -0.15) is 0 Å². The van der Waals surface area contributed by atoms with E-state index in [2.05, 4.69) is 69.7 Å². The Bertz CT molecular complexity index is 1430. The fourth-order valence-corrected chi connectivity index (χ4v) is 4.81. The molecule has 37 heavy (non-hydrogen) atoms. The Balaban J connectivity index is 1.42. The SMILES string of the molecule is CC1=C(/C=C/C(C)=C/C=C/C(C)=C/C(=O)Nc2ncnc3c2ncn3C)C(C)(C)CCC1n1ccnc1. The minimum atomic E-state index is -0.261. The van der Waals surface area contributed by atoms with E-state index in [0.717, 1.165) is 24.0 Å². The van der Waals surface area contributed by atoms with Crippen molar-refractivity contribution in [2.45, 2.75) is 53.5 Å². The molecule has 0 saturated carbocycles. The molecule has 4 rings (SSSR count). The number of fused-ring (bicyclic) bond motifs is 1. The van der Waals surface area contributed by atoms with Crippen LogP contribution in [0.2, 0.25) is 0 Å². The van der Waals surface area contributed by atoms with Gasteiger partial charge >= 0.3 is 0 Å². The highest BCUT2D eigenvalue weighted by Gasteiger charge is 2.32. The summed E-state index contributed by atoms with van der Waals surface area (Å²) in [4.78, 5) is 29.3. The number of nitrogens with one attached hydrogen (secondary N) is 1. The van der Waals surface area contributed by atoms with Crippen LogP contribution in [-0.2, 0) is 11.8 Å². The number of nitrogens with zero attached hydrogens (tertiary/aromatic N) is 6. The molecule has 0 spiro atoms. The predicted molar refractivity (Wildman–Crippen MR) is 148 cm³/mol. The van der Waals surface area contributed by atoms with E-state index in [1.165, 1.54) is 17.5 Å². The smallest absolute Gasteiger partial charge is 0.249 e. The van der Waals surface area contributed by atoms with Crippen molar-refractivity contribution in [3.8, 4) is 0 Å². The monoisotopic (exact) mass is 497 g/mol. The number of carbonyl (C=O) groups excluding carboxylic acids is 1. The molecule has 1 aliphatic carbocycles. The Hall–Kier alpha value is -4.07. The molecular weight excluding hydrogens is 462 g/mol. The van der Waals surface area contributed by atoms with E-state index >= 15 is 0 Å². The molecule has 1 atom stereocenters. The van der Waals surface area contributed by atoms with Crippen molar-refractivity contribution < 1.29 is 4.79 Å². The summed E-state index contributed by atoms with van der Waals surface area (Å²) in [6.45, 7) is 10.8. The number of aryl methyl sites for hydroxylation is 1. The maximum absolute atomic E-state index is 12.5. The number of hydrogen-bond acceptors (Lipinski definition) is 5. The molecule has 8 heteroatoms. The Morgan fingerprint density at radius 1 is 1.14 bits per heavy atom. The average molecular weight is 498 g/mol. The van der Waals surface area contributed by atoms with Crippen LogP contribution in [0.3, 0.4) is 0 Å². The van der Waals surface area contributed by atoms with Gasteiger partial charge in [0.05, 0.1) is 18.7 Å². The van der Waals surface area contributed by atoms with Gasteiger partial charge in [-0.1, -0.05) is 49.8 Å². The van der Waals surface area contributed by atoms with Gasteiger partial charge in [0.1, 0.15) is 6.33 Å². The molecule has 0 aliphatic heterocycles. The van der Waals surface area contributed by atoms with Gasteiger partial charge < -0.3 is 14.5 Å². The minimum absolute atomic E-state index is 0.130. The fraction of sp³-hybridized carbons (Fsp3) is 0.345. The van der Waals surface area contributed by atoms with Crippen LogP contribution in [0.4, 0.5) is 5.82 Å². The summed E-state index contributed by atoms with van der Waals surface area (Å²) >= 11 is 0. The molecule has 3 heterocycles. The quantitative estimate of drug-likeness (QED) is 0.325. The lowest BCUT2D eigenvalue weighted by Gasteiger charge is -2.37. The summed E-state index contributed by atoms with van der Waals surface area (Å²) in [5.74, 6) is 0.137. The summed E-state index contributed by atoms with van der Waals surface area (Å²) in [6, 6.07) is 0.356. The Morgan fingerprint density at radius 3 is 2.70 bits per heavy atom. The minimum Gasteiger partial charge on any atom is -0.330 e. The third-order valence-corrected chi connectivity index (χ3v) is 6.91. The zero-order chi connectivity index (χ0) is 26.6. The Morgan fingerprint density at radius 2 is 1.95 bits per heavy atom. The normalized spacial score (nSPS) is 18.9. The van der Waals surface area contributed by atoms with E-state index in [1.54, 1.807) is 17.0 Å². The van der Waals surface area contributed by atoms with E-state index in [-0.39, 0.29) is 11.3 Å². The fourth-order valence-electron chi connectivity index (χ4n) is 4.81. The summed E-state index contributed by atoms with van der Waals surface area (Å²) in [5, 5.41) is 2.80. The van der Waals surface area contributed by atoms with Crippen molar-refractivity contribution >= 4 is 22.9 Å². The molecular formula is C29H35N7O. The number of allylic oxidation sites excluding steroid dienone is 9. The van der Waals surface area contributed by atoms with Crippen molar-refractivity contribution in [2.24, 2.45) is 12.5 Å². The first-order chi connectivity index (χ1) is 17.7. The van der Waals surface area contributed by atoms with Crippen molar-refractivity contribution in [3.05, 3.63) is 90.1 Å². The van der Waals surface area contributed by atoms with Gasteiger partial charge in [0.2, 0.25) is 5.91 Å². The summed E-state index contributed by atoms with van der Waals surface area (Å²) in [7, 11) is 1.85. The molecule has 192 valence electrons. The molecule has 1 unspecified atom stereocenters. The lowest BCUT2D eigenvalue weighted by molar-refractivity contribution is -0.112. The molecule has 3 aromatic rings. The van der Waals surface area contributed by atoms with Gasteiger partial charge in [0, 0.05) is 25.5 Å². The van der Waals surface area contributed by atoms with Crippen molar-refractivity contribution in [3.63, 3.8) is 0 Å². The van der Waals surface area contributed by atoms with Crippen LogP contribution in [0, 0.1) is 5.41 Å². The van der Waals surface area contributed by atoms with E-state index in [0.29, 0.717) is 23.0 Å². The zero-order valence-electron chi connectivity index (χ0n) is 22.4. The highest BCUT2D eigenvalue weighted by molar-refractivity contribution is 6.03. The molecule has 0 radical (unpaired) electrons. The van der Waals surface area contributed by atoms with Crippen molar-refractivity contribution in [1.29, 1.82) is 0 Å². The van der Waals surface area contributed by atoms with Gasteiger partial charge in [0.25, 0.3) is 0 Å². The molecule has 8 nitrogen and oxygen atoms in total. The molecule has 0 bridgehead atoms. The maximum atomic E-state index is 12.5. The third-order valence-electron chi connectivity index (χ3n) is 6.91. The number of rotatable bonds is 7. The molecule has 3 aromatic heterocycles. The van der Waals surface area contributed by atoms with Crippen molar-refractivity contribution in [2.75, 3.05) is 5.32 Å². The van der Waals surface area contributed by atoms with E-state index in [9.17, 15) is 4.79 Å². The first-order valence-corrected chi connectivity index (χ1v) is 12.5. The van der Waals surface area contributed by atoms with Crippen LogP contribution in [0.25, 0.3) is 11.2 Å². The van der Waals surface area contributed by atoms with Crippen LogP contribution in [-0.4, -0.2) is 35.0 Å². The van der Waals surface area contributed by atoms with Gasteiger partial charge in [-0.15, -0.1) is 0 Å². The summed E-state index contributed by atoms with van der Waals surface area (Å²) in [6.07, 6.45) is 23.0. The van der Waals surface area contributed by atoms with Crippen LogP contribution < -0.4 is 5.32 Å². The number of carbonyl (C=O) groups is 1. The number of imidazole rings is 2. The Labute approximate surface area is 218 Å². The number of anilines is 1. The summed E-state index contributed by atoms with van der Waals surface area (Å²) < 4.78 is 3.99. The van der Waals surface area contributed by atoms with Gasteiger partial charge in [0.15, 0.2) is 17.0 Å². The number of aromatic nitrogens is 6. The Kier molecular flexibility index (Phi) is 7.66. The van der Waals surface area contributed by atoms with Gasteiger partial charge in [-0.05, 0) is 55.7 Å². The highest BCUT2D eigenvalue weighted by atomic mass is 16.1. The number of hydrogen-bond donors (Lipinski definition) is 1. The van der Waals surface area contributed by atoms with Gasteiger partial charge in [-0.3, -0.25) is 4.79 Å². The average Bonchev–Trinajstić information content (AvgIpc) is 3.49. The first-order valence-electron chi connectivity index (χ1n) is 12.5. The van der Waals surface area contributed by atoms with Crippen molar-refractivity contribution in [1.82, 2.24) is 29.1 Å². The largest absolute Gasteiger partial charge is 0.330 e. The van der Waals surface area contributed by atoms with E-state index in [4.69, 9.17) is 0 Å². The summed E-state index contributed by atoms with van der Waals surface area (Å²) in [5.41, 5.74) is 6.09. The molecule has 0 aromatic carbocycles. The zero-order valence-corrected chi connectivity index (χ0v) is 22.4. The third kappa shape index (κ3) is 6.02. The lowest BCUT2D eigenvalue weighted by Crippen LogP contribution is -2.25. The maximum Gasteiger partial charge on any atom is 0.249 e. The van der Waals surface area contributed by atoms with Crippen LogP contribution in [0.15, 0.2) is 90.1 Å². The second-order valence-corrected chi connectivity index (χ2v) is 10.3. The standard InChI is InChI=1S/C29H35N7O/c1-20(10-11-23-22(3)24(12-13-29(23,4)5)36-15-14-30-18-36)8-7-9-21(2)16-25(37)34-27-26-28(32-17-31-27)35(6)19-33-26/h7-11,14-19,24H,12-13H2,1-6H3,(H,31,32,34,37)/b9-7+,11-10+,20-8+,21-16+. The second-order valence-electron chi connectivity index (χ2n) is 10.3. The second kappa shape index (κ2) is 10.9. The molecule has 0 saturated heterocycles. The molecule has 1 amide bonds. The lowest BCUT2D eigenvalue weighted by atomic mass is 9.71. The molecule has 0 fully saturated rings. The van der Waals surface area contributed by atoms with E-state index < -0.39 is 0 Å². The van der Waals surface area contributed by atoms with Crippen LogP contribution in [0.1, 0.15) is 53.5 Å².